The summed E-state index contributed by atoms with van der Waals surface area (Å²) >= 11 is 0. The maximum Gasteiger partial charge on any atom is 0.262 e. The van der Waals surface area contributed by atoms with Crippen LogP contribution in [-0.2, 0) is 20.2 Å². The molecule has 32 heavy (non-hydrogen) atoms. The first-order valence-corrected chi connectivity index (χ1v) is 12.1. The molecule has 0 bridgehead atoms. The van der Waals surface area contributed by atoms with Gasteiger partial charge in [-0.25, -0.2) is 8.42 Å². The maximum absolute atomic E-state index is 13.0. The number of rotatable bonds is 8. The maximum atomic E-state index is 13.0. The molecule has 0 aromatic heterocycles. The molecule has 166 valence electrons. The molecule has 1 aliphatic carbocycles. The Kier molecular flexibility index (Phi) is 5.93. The second kappa shape index (κ2) is 8.67. The van der Waals surface area contributed by atoms with Crippen LogP contribution in [0.1, 0.15) is 30.9 Å². The Labute approximate surface area is 188 Å². The fourth-order valence-electron chi connectivity index (χ4n) is 3.74. The molecule has 0 atom stereocenters. The zero-order valence-electron chi connectivity index (χ0n) is 18.1. The highest BCUT2D eigenvalue weighted by Gasteiger charge is 2.51. The van der Waals surface area contributed by atoms with E-state index in [0.717, 1.165) is 18.4 Å². The summed E-state index contributed by atoms with van der Waals surface area (Å²) < 4.78 is 34.1. The van der Waals surface area contributed by atoms with Gasteiger partial charge in [0.2, 0.25) is 5.91 Å². The quantitative estimate of drug-likeness (QED) is 0.513. The van der Waals surface area contributed by atoms with Gasteiger partial charge in [-0.1, -0.05) is 36.4 Å². The number of amides is 1. The number of hydrogen-bond acceptors (Lipinski definition) is 4. The smallest absolute Gasteiger partial charge is 0.262 e. The van der Waals surface area contributed by atoms with Crippen molar-refractivity contribution in [1.82, 2.24) is 0 Å². The van der Waals surface area contributed by atoms with E-state index in [1.807, 2.05) is 37.3 Å². The Hall–Kier alpha value is -3.32. The van der Waals surface area contributed by atoms with E-state index in [0.29, 0.717) is 29.3 Å². The van der Waals surface area contributed by atoms with Crippen LogP contribution in [0.25, 0.3) is 0 Å². The fraction of sp³-hybridized carbons (Fsp3) is 0.240. The van der Waals surface area contributed by atoms with Crippen LogP contribution in [0.3, 0.4) is 0 Å². The summed E-state index contributed by atoms with van der Waals surface area (Å²) in [7, 11) is -3.84. The van der Waals surface area contributed by atoms with Gasteiger partial charge >= 0.3 is 0 Å². The first kappa shape index (κ1) is 21.9. The molecule has 7 heteroatoms. The molecule has 0 saturated heterocycles. The Morgan fingerprint density at radius 3 is 2.25 bits per heavy atom. The van der Waals surface area contributed by atoms with E-state index in [1.54, 1.807) is 43.3 Å². The van der Waals surface area contributed by atoms with Gasteiger partial charge in [0.25, 0.3) is 10.0 Å². The average molecular weight is 451 g/mol. The van der Waals surface area contributed by atoms with Gasteiger partial charge in [-0.15, -0.1) is 0 Å². The average Bonchev–Trinajstić information content (AvgIpc) is 3.59. The van der Waals surface area contributed by atoms with Crippen molar-refractivity contribution in [2.45, 2.75) is 37.0 Å². The normalized spacial score (nSPS) is 14.4. The van der Waals surface area contributed by atoms with E-state index in [-0.39, 0.29) is 10.8 Å². The highest BCUT2D eigenvalue weighted by molar-refractivity contribution is 7.92. The molecular weight excluding hydrogens is 424 g/mol. The third kappa shape index (κ3) is 4.48. The second-order valence-electron chi connectivity index (χ2n) is 7.95. The largest absolute Gasteiger partial charge is 0.494 e. The van der Waals surface area contributed by atoms with Crippen molar-refractivity contribution >= 4 is 27.3 Å². The van der Waals surface area contributed by atoms with Crippen molar-refractivity contribution in [2.75, 3.05) is 16.6 Å². The summed E-state index contributed by atoms with van der Waals surface area (Å²) in [6.45, 7) is 4.15. The number of ether oxygens (including phenoxy) is 1. The standard InChI is InChI=1S/C25H26N2O4S/c1-3-31-22-13-11-20(12-14-22)27-32(29,30)23-17-21(10-9-18(23)2)26-24(28)25(15-16-25)19-7-5-4-6-8-19/h4-14,17,27H,3,15-16H2,1-2H3,(H,26,28). The number of hydrogen-bond donors (Lipinski definition) is 2. The summed E-state index contributed by atoms with van der Waals surface area (Å²) in [5.74, 6) is 0.555. The number of benzene rings is 3. The van der Waals surface area contributed by atoms with Crippen molar-refractivity contribution in [3.8, 4) is 5.75 Å². The fourth-order valence-corrected chi connectivity index (χ4v) is 5.07. The van der Waals surface area contributed by atoms with Crippen LogP contribution >= 0.6 is 0 Å². The van der Waals surface area contributed by atoms with Gasteiger partial charge in [0.05, 0.1) is 16.9 Å². The molecule has 0 spiro atoms. The number of carbonyl (C=O) groups is 1. The Morgan fingerprint density at radius 1 is 0.969 bits per heavy atom. The summed E-state index contributed by atoms with van der Waals surface area (Å²) in [5.41, 5.74) is 1.92. The van der Waals surface area contributed by atoms with Gasteiger partial charge in [-0.3, -0.25) is 9.52 Å². The Morgan fingerprint density at radius 2 is 1.62 bits per heavy atom. The van der Waals surface area contributed by atoms with E-state index in [9.17, 15) is 13.2 Å². The van der Waals surface area contributed by atoms with E-state index in [1.165, 1.54) is 6.07 Å². The Balaban J connectivity index is 1.54. The lowest BCUT2D eigenvalue weighted by Gasteiger charge is -2.17. The van der Waals surface area contributed by atoms with Crippen molar-refractivity contribution in [1.29, 1.82) is 0 Å². The molecular formula is C25H26N2O4S. The van der Waals surface area contributed by atoms with Crippen LogP contribution in [0.15, 0.2) is 77.7 Å². The molecule has 0 heterocycles. The molecule has 2 N–H and O–H groups in total. The van der Waals surface area contributed by atoms with Crippen molar-refractivity contribution in [3.63, 3.8) is 0 Å². The SMILES string of the molecule is CCOc1ccc(NS(=O)(=O)c2cc(NC(=O)C3(c4ccccc4)CC3)ccc2C)cc1. The van der Waals surface area contributed by atoms with Crippen LogP contribution in [0.5, 0.6) is 5.75 Å². The minimum Gasteiger partial charge on any atom is -0.494 e. The first-order chi connectivity index (χ1) is 15.3. The van der Waals surface area contributed by atoms with Crippen LogP contribution in [-0.4, -0.2) is 20.9 Å². The predicted octanol–water partition coefficient (Wildman–Crippen LogP) is 4.86. The third-order valence-electron chi connectivity index (χ3n) is 5.66. The molecule has 3 aromatic carbocycles. The number of carbonyl (C=O) groups excluding carboxylic acids is 1. The summed E-state index contributed by atoms with van der Waals surface area (Å²) in [4.78, 5) is 13.2. The minimum atomic E-state index is -3.84. The summed E-state index contributed by atoms with van der Waals surface area (Å²) in [5, 5.41) is 2.92. The lowest BCUT2D eigenvalue weighted by atomic mass is 9.95. The van der Waals surface area contributed by atoms with Crippen LogP contribution in [0.2, 0.25) is 0 Å². The molecule has 0 radical (unpaired) electrons. The molecule has 4 rings (SSSR count). The molecule has 1 saturated carbocycles. The van der Waals surface area contributed by atoms with E-state index < -0.39 is 15.4 Å². The van der Waals surface area contributed by atoms with Gasteiger partial charge in [-0.05, 0) is 74.2 Å². The number of aryl methyl sites for hydroxylation is 1. The first-order valence-electron chi connectivity index (χ1n) is 10.6. The molecule has 6 nitrogen and oxygen atoms in total. The zero-order valence-corrected chi connectivity index (χ0v) is 18.9. The summed E-state index contributed by atoms with van der Waals surface area (Å²) in [6.07, 6.45) is 1.55. The topological polar surface area (TPSA) is 84.5 Å². The van der Waals surface area contributed by atoms with E-state index >= 15 is 0 Å². The van der Waals surface area contributed by atoms with E-state index in [2.05, 4.69) is 10.0 Å². The second-order valence-corrected chi connectivity index (χ2v) is 9.60. The molecule has 1 amide bonds. The van der Waals surface area contributed by atoms with E-state index in [4.69, 9.17) is 4.74 Å². The number of nitrogens with one attached hydrogen (secondary N) is 2. The Bertz CT molecular complexity index is 1220. The highest BCUT2D eigenvalue weighted by atomic mass is 32.2. The molecule has 0 aliphatic heterocycles. The van der Waals surface area contributed by atoms with Gasteiger partial charge in [0.15, 0.2) is 0 Å². The highest BCUT2D eigenvalue weighted by Crippen LogP contribution is 2.49. The van der Waals surface area contributed by atoms with Crippen molar-refractivity contribution < 1.29 is 17.9 Å². The van der Waals surface area contributed by atoms with Crippen LogP contribution in [0.4, 0.5) is 11.4 Å². The lowest BCUT2D eigenvalue weighted by Crippen LogP contribution is -2.28. The van der Waals surface area contributed by atoms with Gasteiger partial charge in [0.1, 0.15) is 5.75 Å². The molecule has 1 aliphatic rings. The number of sulfonamides is 1. The monoisotopic (exact) mass is 450 g/mol. The van der Waals surface area contributed by atoms with Crippen molar-refractivity contribution in [3.05, 3.63) is 83.9 Å². The molecule has 1 fully saturated rings. The molecule has 3 aromatic rings. The van der Waals surface area contributed by atoms with Crippen LogP contribution in [0, 0.1) is 6.92 Å². The lowest BCUT2D eigenvalue weighted by molar-refractivity contribution is -0.118. The predicted molar refractivity (Wildman–Crippen MR) is 126 cm³/mol. The number of anilines is 2. The van der Waals surface area contributed by atoms with Gasteiger partial charge < -0.3 is 10.1 Å². The summed E-state index contributed by atoms with van der Waals surface area (Å²) in [6, 6.07) is 21.3. The van der Waals surface area contributed by atoms with Crippen LogP contribution < -0.4 is 14.8 Å². The molecule has 0 unspecified atom stereocenters. The zero-order chi connectivity index (χ0) is 22.8. The minimum absolute atomic E-state index is 0.115. The van der Waals surface area contributed by atoms with Crippen molar-refractivity contribution in [2.24, 2.45) is 0 Å². The third-order valence-corrected chi connectivity index (χ3v) is 7.19. The van der Waals surface area contributed by atoms with Gasteiger partial charge in [-0.2, -0.15) is 0 Å². The van der Waals surface area contributed by atoms with Gasteiger partial charge in [0, 0.05) is 11.4 Å².